The first kappa shape index (κ1) is 18.5. The number of hydrogen-bond donors (Lipinski definition) is 0. The Morgan fingerprint density at radius 3 is 1.25 bits per heavy atom. The molecule has 4 rings (SSSR count). The average Bonchev–Trinajstić information content (AvgIpc) is 2.74. The standard InChI is InChI=1S/C25H16Cl2O/c26-19-13-9-17(10-14-19)21-5-1-3-7-23(21)25(28)24-8-4-2-6-22(24)18-11-15-20(27)16-12-18/h1-16H. The van der Waals surface area contributed by atoms with Crippen LogP contribution in [0.2, 0.25) is 10.0 Å². The van der Waals surface area contributed by atoms with Crippen LogP contribution in [-0.4, -0.2) is 5.78 Å². The highest BCUT2D eigenvalue weighted by atomic mass is 35.5. The summed E-state index contributed by atoms with van der Waals surface area (Å²) < 4.78 is 0. The quantitative estimate of drug-likeness (QED) is 0.321. The number of hydrogen-bond acceptors (Lipinski definition) is 1. The van der Waals surface area contributed by atoms with E-state index in [1.165, 1.54) is 0 Å². The second-order valence-corrected chi connectivity index (χ2v) is 7.31. The van der Waals surface area contributed by atoms with Gasteiger partial charge in [-0.05, 0) is 46.5 Å². The summed E-state index contributed by atoms with van der Waals surface area (Å²) in [6.45, 7) is 0. The van der Waals surface area contributed by atoms with Crippen molar-refractivity contribution in [2.75, 3.05) is 0 Å². The van der Waals surface area contributed by atoms with E-state index in [9.17, 15) is 4.79 Å². The maximum Gasteiger partial charge on any atom is 0.194 e. The second kappa shape index (κ2) is 8.02. The molecule has 1 nitrogen and oxygen atoms in total. The fourth-order valence-electron chi connectivity index (χ4n) is 3.27. The van der Waals surface area contributed by atoms with Crippen LogP contribution >= 0.6 is 23.2 Å². The number of benzene rings is 4. The van der Waals surface area contributed by atoms with E-state index >= 15 is 0 Å². The minimum atomic E-state index is -0.0175. The molecule has 0 unspecified atom stereocenters. The zero-order valence-corrected chi connectivity index (χ0v) is 16.4. The van der Waals surface area contributed by atoms with Gasteiger partial charge in [-0.3, -0.25) is 4.79 Å². The lowest BCUT2D eigenvalue weighted by atomic mass is 9.90. The van der Waals surface area contributed by atoms with Crippen LogP contribution in [0.25, 0.3) is 22.3 Å². The summed E-state index contributed by atoms with van der Waals surface area (Å²) in [5.41, 5.74) is 5.00. The summed E-state index contributed by atoms with van der Waals surface area (Å²) in [6.07, 6.45) is 0. The van der Waals surface area contributed by atoms with E-state index in [-0.39, 0.29) is 5.78 Å². The van der Waals surface area contributed by atoms with Crippen LogP contribution in [-0.2, 0) is 0 Å². The van der Waals surface area contributed by atoms with Crippen molar-refractivity contribution in [3.8, 4) is 22.3 Å². The molecule has 0 aliphatic heterocycles. The molecule has 4 aromatic carbocycles. The lowest BCUT2D eigenvalue weighted by Gasteiger charge is -2.13. The van der Waals surface area contributed by atoms with Gasteiger partial charge in [0, 0.05) is 21.2 Å². The van der Waals surface area contributed by atoms with E-state index < -0.39 is 0 Å². The van der Waals surface area contributed by atoms with Crippen LogP contribution in [0.5, 0.6) is 0 Å². The Morgan fingerprint density at radius 1 is 0.500 bits per heavy atom. The predicted molar refractivity (Wildman–Crippen MR) is 117 cm³/mol. The summed E-state index contributed by atoms with van der Waals surface area (Å²) in [6, 6.07) is 30.3. The fraction of sp³-hybridized carbons (Fsp3) is 0. The smallest absolute Gasteiger partial charge is 0.194 e. The average molecular weight is 403 g/mol. The lowest BCUT2D eigenvalue weighted by Crippen LogP contribution is -2.05. The zero-order valence-electron chi connectivity index (χ0n) is 14.9. The molecule has 3 heteroatoms. The molecular weight excluding hydrogens is 387 g/mol. The summed E-state index contributed by atoms with van der Waals surface area (Å²) >= 11 is 12.0. The molecule has 0 aliphatic rings. The highest BCUT2D eigenvalue weighted by Crippen LogP contribution is 2.31. The lowest BCUT2D eigenvalue weighted by molar-refractivity contribution is 0.104. The Kier molecular flexibility index (Phi) is 5.29. The molecular formula is C25H16Cl2O. The molecule has 0 atom stereocenters. The van der Waals surface area contributed by atoms with Gasteiger partial charge in [-0.1, -0.05) is 96.0 Å². The molecule has 0 heterocycles. The SMILES string of the molecule is O=C(c1ccccc1-c1ccc(Cl)cc1)c1ccccc1-c1ccc(Cl)cc1. The first-order chi connectivity index (χ1) is 13.6. The molecule has 4 aromatic rings. The summed E-state index contributed by atoms with van der Waals surface area (Å²) in [4.78, 5) is 13.5. The van der Waals surface area contributed by atoms with Gasteiger partial charge in [0.25, 0.3) is 0 Å². The third-order valence-electron chi connectivity index (χ3n) is 4.65. The zero-order chi connectivity index (χ0) is 19.5. The van der Waals surface area contributed by atoms with Gasteiger partial charge in [0.1, 0.15) is 0 Å². The summed E-state index contributed by atoms with van der Waals surface area (Å²) in [7, 11) is 0. The first-order valence-electron chi connectivity index (χ1n) is 8.88. The van der Waals surface area contributed by atoms with E-state index in [0.29, 0.717) is 21.2 Å². The second-order valence-electron chi connectivity index (χ2n) is 6.43. The van der Waals surface area contributed by atoms with E-state index in [1.807, 2.05) is 97.1 Å². The van der Waals surface area contributed by atoms with Crippen molar-refractivity contribution < 1.29 is 4.79 Å². The van der Waals surface area contributed by atoms with Gasteiger partial charge in [-0.15, -0.1) is 0 Å². The number of carbonyl (C=O) groups excluding carboxylic acids is 1. The van der Waals surface area contributed by atoms with E-state index in [0.717, 1.165) is 22.3 Å². The molecule has 0 amide bonds. The molecule has 0 saturated carbocycles. The number of ketones is 1. The fourth-order valence-corrected chi connectivity index (χ4v) is 3.52. The predicted octanol–water partition coefficient (Wildman–Crippen LogP) is 7.56. The third-order valence-corrected chi connectivity index (χ3v) is 5.16. The van der Waals surface area contributed by atoms with Gasteiger partial charge in [0.15, 0.2) is 5.78 Å². The van der Waals surface area contributed by atoms with Crippen molar-refractivity contribution in [3.05, 3.63) is 118 Å². The maximum atomic E-state index is 13.5. The molecule has 28 heavy (non-hydrogen) atoms. The molecule has 0 aliphatic carbocycles. The van der Waals surface area contributed by atoms with Crippen molar-refractivity contribution in [1.82, 2.24) is 0 Å². The Hall–Kier alpha value is -2.87. The summed E-state index contributed by atoms with van der Waals surface area (Å²) in [5, 5.41) is 1.33. The number of halogens is 2. The van der Waals surface area contributed by atoms with Crippen LogP contribution in [0.1, 0.15) is 15.9 Å². The van der Waals surface area contributed by atoms with Gasteiger partial charge in [0.05, 0.1) is 0 Å². The van der Waals surface area contributed by atoms with Crippen molar-refractivity contribution in [2.24, 2.45) is 0 Å². The summed E-state index contributed by atoms with van der Waals surface area (Å²) in [5.74, 6) is -0.0175. The normalized spacial score (nSPS) is 10.6. The third kappa shape index (κ3) is 3.73. The highest BCUT2D eigenvalue weighted by Gasteiger charge is 2.18. The van der Waals surface area contributed by atoms with Crippen LogP contribution in [0.15, 0.2) is 97.1 Å². The van der Waals surface area contributed by atoms with Gasteiger partial charge < -0.3 is 0 Å². The monoisotopic (exact) mass is 402 g/mol. The largest absolute Gasteiger partial charge is 0.289 e. The maximum absolute atomic E-state index is 13.5. The van der Waals surface area contributed by atoms with Crippen LogP contribution in [0.3, 0.4) is 0 Å². The van der Waals surface area contributed by atoms with Gasteiger partial charge in [-0.2, -0.15) is 0 Å². The molecule has 0 saturated heterocycles. The molecule has 0 spiro atoms. The van der Waals surface area contributed by atoms with Crippen LogP contribution < -0.4 is 0 Å². The Balaban J connectivity index is 1.82. The minimum Gasteiger partial charge on any atom is -0.289 e. The Morgan fingerprint density at radius 2 is 0.857 bits per heavy atom. The minimum absolute atomic E-state index is 0.0175. The van der Waals surface area contributed by atoms with Gasteiger partial charge in [0.2, 0.25) is 0 Å². The molecule has 0 N–H and O–H groups in total. The Bertz CT molecular complexity index is 1040. The topological polar surface area (TPSA) is 17.1 Å². The van der Waals surface area contributed by atoms with E-state index in [1.54, 1.807) is 0 Å². The highest BCUT2D eigenvalue weighted by molar-refractivity contribution is 6.31. The number of carbonyl (C=O) groups is 1. The van der Waals surface area contributed by atoms with Crippen molar-refractivity contribution in [1.29, 1.82) is 0 Å². The Labute approximate surface area is 174 Å². The molecule has 0 fully saturated rings. The molecule has 0 bridgehead atoms. The van der Waals surface area contributed by atoms with Crippen molar-refractivity contribution in [2.45, 2.75) is 0 Å². The first-order valence-corrected chi connectivity index (χ1v) is 9.64. The molecule has 0 radical (unpaired) electrons. The van der Waals surface area contributed by atoms with Crippen LogP contribution in [0, 0.1) is 0 Å². The van der Waals surface area contributed by atoms with E-state index in [4.69, 9.17) is 23.2 Å². The van der Waals surface area contributed by atoms with Gasteiger partial charge >= 0.3 is 0 Å². The van der Waals surface area contributed by atoms with Crippen molar-refractivity contribution in [3.63, 3.8) is 0 Å². The van der Waals surface area contributed by atoms with Crippen LogP contribution in [0.4, 0.5) is 0 Å². The van der Waals surface area contributed by atoms with Crippen molar-refractivity contribution >= 4 is 29.0 Å². The number of rotatable bonds is 4. The van der Waals surface area contributed by atoms with E-state index in [2.05, 4.69) is 0 Å². The molecule has 0 aromatic heterocycles. The molecule has 136 valence electrons. The van der Waals surface area contributed by atoms with Gasteiger partial charge in [-0.25, -0.2) is 0 Å².